The maximum atomic E-state index is 12.9. The molecule has 2 heterocycles. The molecule has 0 aromatic heterocycles. The number of carbonyl (C=O) groups excluding carboxylic acids is 1. The maximum Gasteiger partial charge on any atom is 0.432 e. The summed E-state index contributed by atoms with van der Waals surface area (Å²) in [4.78, 5) is 18.0. The predicted molar refractivity (Wildman–Crippen MR) is 143 cm³/mol. The Morgan fingerprint density at radius 3 is 2.58 bits per heavy atom. The minimum Gasteiger partial charge on any atom is -0.404 e. The molecule has 4 rings (SSSR count). The normalized spacial score (nSPS) is 19.2. The van der Waals surface area contributed by atoms with Crippen LogP contribution in [-0.4, -0.2) is 42.3 Å². The first-order valence-corrected chi connectivity index (χ1v) is 12.3. The van der Waals surface area contributed by atoms with Crippen molar-refractivity contribution in [3.8, 4) is 17.2 Å². The van der Waals surface area contributed by atoms with Gasteiger partial charge < -0.3 is 16.0 Å². The molecule has 38 heavy (non-hydrogen) atoms. The third-order valence-electron chi connectivity index (χ3n) is 6.73. The molecular weight excluding hydrogens is 491 g/mol. The number of carbonyl (C=O) groups is 1. The standard InChI is InChI=1S/C29H28F3N5O/c1-2-4-21-14-23(20-6-3-5-19(13-20)16-33)15-26(25(21)17-34)36-24-9-11-37(12-10-24)28(38)22-7-8-27(35-18-22)29(30,31)32/h2-6,8,13-15,17-18,22,24,36H,1,7,9-12,34H2/b21-4-,25-17+. The number of likely N-dealkylation sites (tertiary alicyclic amines) is 1. The van der Waals surface area contributed by atoms with Gasteiger partial charge in [0.2, 0.25) is 5.91 Å². The predicted octanol–water partition coefficient (Wildman–Crippen LogP) is 3.83. The van der Waals surface area contributed by atoms with E-state index in [1.807, 2.05) is 36.4 Å². The van der Waals surface area contributed by atoms with E-state index in [-0.39, 0.29) is 18.4 Å². The maximum absolute atomic E-state index is 12.9. The Morgan fingerprint density at radius 1 is 1.21 bits per heavy atom. The number of halogens is 3. The molecule has 0 radical (unpaired) electrons. The van der Waals surface area contributed by atoms with Gasteiger partial charge in [-0.05, 0) is 59.9 Å². The molecule has 9 heteroatoms. The fraction of sp³-hybridized carbons (Fsp3) is 0.276. The van der Waals surface area contributed by atoms with Crippen LogP contribution in [0.4, 0.5) is 18.9 Å². The summed E-state index contributed by atoms with van der Waals surface area (Å²) in [5.74, 6) is -0.884. The van der Waals surface area contributed by atoms with Crippen molar-refractivity contribution in [3.63, 3.8) is 0 Å². The van der Waals surface area contributed by atoms with Crippen molar-refractivity contribution in [3.05, 3.63) is 76.8 Å². The highest BCUT2D eigenvalue weighted by molar-refractivity contribution is 5.94. The Morgan fingerprint density at radius 2 is 1.97 bits per heavy atom. The van der Waals surface area contributed by atoms with Crippen molar-refractivity contribution in [1.29, 1.82) is 5.26 Å². The second-order valence-electron chi connectivity index (χ2n) is 9.24. The first-order valence-electron chi connectivity index (χ1n) is 12.3. The van der Waals surface area contributed by atoms with Gasteiger partial charge in [-0.2, -0.15) is 18.4 Å². The van der Waals surface area contributed by atoms with E-state index in [1.54, 1.807) is 17.0 Å². The molecular formula is C29H28F3N5O. The van der Waals surface area contributed by atoms with Gasteiger partial charge in [-0.15, -0.1) is 0 Å². The molecule has 0 aliphatic carbocycles. The second-order valence-corrected chi connectivity index (χ2v) is 9.24. The Labute approximate surface area is 219 Å². The van der Waals surface area contributed by atoms with Crippen LogP contribution in [-0.2, 0) is 4.79 Å². The van der Waals surface area contributed by atoms with E-state index in [4.69, 9.17) is 5.73 Å². The molecule has 1 unspecified atom stereocenters. The average molecular weight is 520 g/mol. The van der Waals surface area contributed by atoms with Crippen LogP contribution in [0.5, 0.6) is 0 Å². The van der Waals surface area contributed by atoms with Crippen molar-refractivity contribution >= 4 is 30.1 Å². The lowest BCUT2D eigenvalue weighted by Crippen LogP contribution is -2.46. The molecule has 2 aliphatic heterocycles. The number of nitrogens with one attached hydrogen (secondary N) is 1. The molecule has 0 saturated carbocycles. The molecule has 3 N–H and O–H groups in total. The lowest BCUT2D eigenvalue weighted by atomic mass is 9.97. The van der Waals surface area contributed by atoms with Crippen LogP contribution in [0.3, 0.4) is 0 Å². The number of rotatable bonds is 5. The van der Waals surface area contributed by atoms with E-state index < -0.39 is 17.8 Å². The number of alkyl halides is 3. The molecule has 2 aromatic rings. The SMILES string of the molecule is C=C/C=c1/cc(-c2cccc(C#N)c2)cc(NC2CCN(C(=O)C3C=NC(C(F)(F)F)=CC3)CC2)/c1=C/N. The van der Waals surface area contributed by atoms with Crippen LogP contribution in [0.2, 0.25) is 0 Å². The molecule has 2 aromatic carbocycles. The zero-order valence-corrected chi connectivity index (χ0v) is 20.7. The number of benzene rings is 2. The van der Waals surface area contributed by atoms with E-state index in [1.165, 1.54) is 6.20 Å². The van der Waals surface area contributed by atoms with Gasteiger partial charge in [0.05, 0.1) is 17.6 Å². The average Bonchev–Trinajstić information content (AvgIpc) is 2.93. The Balaban J connectivity index is 1.49. The minimum atomic E-state index is -4.51. The molecule has 1 amide bonds. The van der Waals surface area contributed by atoms with Gasteiger partial charge in [0, 0.05) is 42.5 Å². The molecule has 0 spiro atoms. The first kappa shape index (κ1) is 26.7. The Kier molecular flexibility index (Phi) is 8.01. The highest BCUT2D eigenvalue weighted by atomic mass is 19.4. The van der Waals surface area contributed by atoms with E-state index >= 15 is 0 Å². The molecule has 1 saturated heterocycles. The smallest absolute Gasteiger partial charge is 0.404 e. The molecule has 1 atom stereocenters. The lowest BCUT2D eigenvalue weighted by molar-refractivity contribution is -0.134. The van der Waals surface area contributed by atoms with Gasteiger partial charge in [0.1, 0.15) is 5.70 Å². The van der Waals surface area contributed by atoms with Crippen molar-refractivity contribution in [2.45, 2.75) is 31.5 Å². The molecule has 196 valence electrons. The quantitative estimate of drug-likeness (QED) is 0.628. The number of amides is 1. The summed E-state index contributed by atoms with van der Waals surface area (Å²) in [6.07, 6.45) is 4.01. The van der Waals surface area contributed by atoms with E-state index in [0.717, 1.165) is 39.5 Å². The third-order valence-corrected chi connectivity index (χ3v) is 6.73. The molecule has 1 fully saturated rings. The number of nitrogens with zero attached hydrogens (tertiary/aromatic N) is 3. The number of nitriles is 1. The second kappa shape index (κ2) is 11.4. The number of hydrogen-bond acceptors (Lipinski definition) is 5. The fourth-order valence-corrected chi connectivity index (χ4v) is 4.76. The van der Waals surface area contributed by atoms with E-state index in [2.05, 4.69) is 23.0 Å². The number of nitrogens with two attached hydrogens (primary N) is 1. The van der Waals surface area contributed by atoms with E-state index in [9.17, 15) is 23.2 Å². The topological polar surface area (TPSA) is 94.5 Å². The monoisotopic (exact) mass is 519 g/mol. The number of hydrogen-bond donors (Lipinski definition) is 2. The van der Waals surface area contributed by atoms with Gasteiger partial charge in [-0.3, -0.25) is 9.79 Å². The minimum absolute atomic E-state index is 0.00652. The Bertz CT molecular complexity index is 1440. The van der Waals surface area contributed by atoms with Gasteiger partial charge in [0.25, 0.3) is 0 Å². The van der Waals surface area contributed by atoms with E-state index in [0.29, 0.717) is 31.5 Å². The Hall–Kier alpha value is -4.32. The number of anilines is 1. The summed E-state index contributed by atoms with van der Waals surface area (Å²) in [7, 11) is 0. The largest absolute Gasteiger partial charge is 0.432 e. The summed E-state index contributed by atoms with van der Waals surface area (Å²) < 4.78 is 38.4. The summed E-state index contributed by atoms with van der Waals surface area (Å²) in [5, 5.41) is 14.6. The van der Waals surface area contributed by atoms with Crippen molar-refractivity contribution < 1.29 is 18.0 Å². The van der Waals surface area contributed by atoms with Crippen molar-refractivity contribution in [2.75, 3.05) is 18.4 Å². The first-order chi connectivity index (χ1) is 18.2. The summed E-state index contributed by atoms with van der Waals surface area (Å²) in [6, 6.07) is 13.6. The van der Waals surface area contributed by atoms with Gasteiger partial charge >= 0.3 is 6.18 Å². The van der Waals surface area contributed by atoms with Crippen LogP contribution in [0.25, 0.3) is 23.4 Å². The van der Waals surface area contributed by atoms with Crippen LogP contribution in [0.15, 0.2) is 65.8 Å². The van der Waals surface area contributed by atoms with Crippen LogP contribution in [0.1, 0.15) is 24.8 Å². The summed E-state index contributed by atoms with van der Waals surface area (Å²) in [5.41, 5.74) is 8.25. The van der Waals surface area contributed by atoms with Crippen LogP contribution >= 0.6 is 0 Å². The molecule has 6 nitrogen and oxygen atoms in total. The number of aliphatic imine (C=N–C) groups is 1. The van der Waals surface area contributed by atoms with Gasteiger partial charge in [-0.25, -0.2) is 0 Å². The third kappa shape index (κ3) is 5.97. The zero-order valence-electron chi connectivity index (χ0n) is 20.7. The van der Waals surface area contributed by atoms with Crippen molar-refractivity contribution in [2.24, 2.45) is 16.6 Å². The summed E-state index contributed by atoms with van der Waals surface area (Å²) in [6.45, 7) is 4.77. The van der Waals surface area contributed by atoms with Gasteiger partial charge in [-0.1, -0.05) is 36.9 Å². The van der Waals surface area contributed by atoms with Crippen LogP contribution < -0.4 is 21.5 Å². The fourth-order valence-electron chi connectivity index (χ4n) is 4.76. The molecule has 2 aliphatic rings. The van der Waals surface area contributed by atoms with Gasteiger partial charge in [0.15, 0.2) is 0 Å². The van der Waals surface area contributed by atoms with Crippen LogP contribution in [0, 0.1) is 17.2 Å². The lowest BCUT2D eigenvalue weighted by Gasteiger charge is -2.34. The number of allylic oxidation sites excluding steroid dienone is 3. The number of piperidine rings is 1. The highest BCUT2D eigenvalue weighted by Gasteiger charge is 2.36. The summed E-state index contributed by atoms with van der Waals surface area (Å²) >= 11 is 0. The molecule has 0 bridgehead atoms. The zero-order chi connectivity index (χ0) is 27.3. The highest BCUT2D eigenvalue weighted by Crippen LogP contribution is 2.30. The van der Waals surface area contributed by atoms with Crippen molar-refractivity contribution in [1.82, 2.24) is 4.90 Å².